The summed E-state index contributed by atoms with van der Waals surface area (Å²) in [5.74, 6) is 5.03. The highest BCUT2D eigenvalue weighted by Crippen LogP contribution is 2.40. The van der Waals surface area contributed by atoms with Gasteiger partial charge in [-0.2, -0.15) is 23.5 Å². The highest BCUT2D eigenvalue weighted by Gasteiger charge is 2.18. The zero-order valence-corrected chi connectivity index (χ0v) is 19.8. The first-order valence-corrected chi connectivity index (χ1v) is 12.1. The number of ether oxygens (including phenoxy) is 1. The maximum atomic E-state index is 5.53. The number of rotatable bonds is 1. The van der Waals surface area contributed by atoms with E-state index in [1.165, 1.54) is 47.9 Å². The van der Waals surface area contributed by atoms with Crippen LogP contribution in [0.4, 0.5) is 0 Å². The maximum absolute atomic E-state index is 5.53. The summed E-state index contributed by atoms with van der Waals surface area (Å²) in [5, 5.41) is 0. The molecule has 0 N–H and O–H groups in total. The molecule has 0 aliphatic carbocycles. The SMILES string of the molecule is COc1cc2c(C)c(c1)CSCc1c(C)c(c(Br)c(C)c1Br)CSC2. The Morgan fingerprint density at radius 2 is 1.24 bits per heavy atom. The number of hydrogen-bond acceptors (Lipinski definition) is 3. The zero-order chi connectivity index (χ0) is 18.1. The van der Waals surface area contributed by atoms with E-state index in [9.17, 15) is 0 Å². The topological polar surface area (TPSA) is 9.23 Å². The Bertz CT molecular complexity index is 760. The Morgan fingerprint density at radius 1 is 0.760 bits per heavy atom. The summed E-state index contributed by atoms with van der Waals surface area (Å²) < 4.78 is 8.03. The van der Waals surface area contributed by atoms with Gasteiger partial charge in [-0.05, 0) is 71.8 Å². The molecule has 134 valence electrons. The van der Waals surface area contributed by atoms with Crippen LogP contribution >= 0.6 is 55.4 Å². The van der Waals surface area contributed by atoms with Crippen LogP contribution in [0.15, 0.2) is 21.1 Å². The molecule has 4 bridgehead atoms. The van der Waals surface area contributed by atoms with Crippen LogP contribution in [0.1, 0.15) is 38.9 Å². The Morgan fingerprint density at radius 3 is 1.68 bits per heavy atom. The van der Waals surface area contributed by atoms with Crippen molar-refractivity contribution in [2.24, 2.45) is 0 Å². The van der Waals surface area contributed by atoms with E-state index in [4.69, 9.17) is 4.74 Å². The Kier molecular flexibility index (Phi) is 6.51. The number of methoxy groups -OCH3 is 1. The second kappa shape index (κ2) is 8.28. The molecule has 1 aliphatic rings. The molecule has 1 nitrogen and oxygen atoms in total. The molecule has 0 amide bonds. The van der Waals surface area contributed by atoms with Gasteiger partial charge in [0.1, 0.15) is 5.75 Å². The average molecular weight is 502 g/mol. The van der Waals surface area contributed by atoms with Gasteiger partial charge in [0.25, 0.3) is 0 Å². The quantitative estimate of drug-likeness (QED) is 0.404. The molecular weight excluding hydrogens is 480 g/mol. The van der Waals surface area contributed by atoms with Crippen molar-refractivity contribution in [3.8, 4) is 5.75 Å². The Labute approximate surface area is 175 Å². The summed E-state index contributed by atoms with van der Waals surface area (Å²) in [4.78, 5) is 0. The number of benzene rings is 2. The molecular formula is C20H22Br2OS2. The van der Waals surface area contributed by atoms with Crippen LogP contribution in [-0.4, -0.2) is 7.11 Å². The van der Waals surface area contributed by atoms with Crippen molar-refractivity contribution in [1.29, 1.82) is 0 Å². The third-order valence-corrected chi connectivity index (χ3v) is 9.10. The van der Waals surface area contributed by atoms with E-state index in [2.05, 4.69) is 64.8 Å². The second-order valence-electron chi connectivity index (χ2n) is 6.39. The van der Waals surface area contributed by atoms with Crippen LogP contribution in [0.25, 0.3) is 0 Å². The van der Waals surface area contributed by atoms with E-state index in [-0.39, 0.29) is 0 Å². The van der Waals surface area contributed by atoms with E-state index < -0.39 is 0 Å². The smallest absolute Gasteiger partial charge is 0.119 e. The van der Waals surface area contributed by atoms with Crippen molar-refractivity contribution < 1.29 is 4.74 Å². The first-order valence-electron chi connectivity index (χ1n) is 8.21. The van der Waals surface area contributed by atoms with Gasteiger partial charge in [-0.25, -0.2) is 0 Å². The van der Waals surface area contributed by atoms with Gasteiger partial charge in [-0.1, -0.05) is 31.9 Å². The van der Waals surface area contributed by atoms with Gasteiger partial charge in [0.15, 0.2) is 0 Å². The normalized spacial score (nSPS) is 14.6. The highest BCUT2D eigenvalue weighted by atomic mass is 79.9. The van der Waals surface area contributed by atoms with Gasteiger partial charge in [-0.15, -0.1) is 0 Å². The van der Waals surface area contributed by atoms with E-state index in [1.54, 1.807) is 7.11 Å². The predicted octanol–water partition coefficient (Wildman–Crippen LogP) is 7.33. The Hall–Kier alpha value is -0.100. The lowest BCUT2D eigenvalue weighted by molar-refractivity contribution is 0.414. The van der Waals surface area contributed by atoms with Crippen molar-refractivity contribution in [1.82, 2.24) is 0 Å². The van der Waals surface area contributed by atoms with Crippen molar-refractivity contribution >= 4 is 55.4 Å². The lowest BCUT2D eigenvalue weighted by Crippen LogP contribution is -2.03. The lowest BCUT2D eigenvalue weighted by Gasteiger charge is -2.21. The number of fused-ring (bicyclic) bond motifs is 4. The van der Waals surface area contributed by atoms with Gasteiger partial charge in [0, 0.05) is 32.0 Å². The van der Waals surface area contributed by atoms with Crippen LogP contribution in [-0.2, 0) is 23.0 Å². The number of halogens is 2. The first-order chi connectivity index (χ1) is 11.9. The van der Waals surface area contributed by atoms with E-state index in [0.717, 1.165) is 28.8 Å². The standard InChI is InChI=1S/C20H22Br2OS2/c1-11-14-5-16(23-4)6-15(11)8-25-10-18-12(2)17(9-24-7-14)19(21)13(3)20(18)22/h5-6H,7-10H2,1-4H3. The summed E-state index contributed by atoms with van der Waals surface area (Å²) in [6.45, 7) is 6.71. The molecule has 2 aromatic carbocycles. The van der Waals surface area contributed by atoms with Crippen LogP contribution < -0.4 is 4.74 Å². The van der Waals surface area contributed by atoms with Crippen molar-refractivity contribution in [3.63, 3.8) is 0 Å². The first kappa shape index (κ1) is 19.7. The fourth-order valence-corrected chi connectivity index (χ4v) is 7.44. The molecule has 0 radical (unpaired) electrons. The molecule has 3 rings (SSSR count). The van der Waals surface area contributed by atoms with Gasteiger partial charge in [0.05, 0.1) is 7.11 Å². The molecule has 0 atom stereocenters. The minimum Gasteiger partial charge on any atom is -0.497 e. The van der Waals surface area contributed by atoms with Crippen LogP contribution in [0.3, 0.4) is 0 Å². The minimum atomic E-state index is 0.974. The molecule has 0 saturated heterocycles. The fraction of sp³-hybridized carbons (Fsp3) is 0.400. The summed E-state index contributed by atoms with van der Waals surface area (Å²) in [6.07, 6.45) is 0. The summed E-state index contributed by atoms with van der Waals surface area (Å²) >= 11 is 11.6. The molecule has 1 heterocycles. The second-order valence-corrected chi connectivity index (χ2v) is 9.95. The molecule has 0 spiro atoms. The number of hydrogen-bond donors (Lipinski definition) is 0. The average Bonchev–Trinajstić information content (AvgIpc) is 2.60. The van der Waals surface area contributed by atoms with E-state index in [1.807, 2.05) is 23.5 Å². The fourth-order valence-electron chi connectivity index (χ4n) is 3.16. The van der Waals surface area contributed by atoms with Crippen molar-refractivity contribution in [2.45, 2.75) is 43.8 Å². The molecule has 1 aliphatic heterocycles. The summed E-state index contributed by atoms with van der Waals surface area (Å²) in [5.41, 5.74) is 9.79. The van der Waals surface area contributed by atoms with Crippen LogP contribution in [0, 0.1) is 20.8 Å². The van der Waals surface area contributed by atoms with Gasteiger partial charge < -0.3 is 4.74 Å². The predicted molar refractivity (Wildman–Crippen MR) is 119 cm³/mol. The molecule has 25 heavy (non-hydrogen) atoms. The van der Waals surface area contributed by atoms with Crippen molar-refractivity contribution in [3.05, 3.63) is 60.0 Å². The molecule has 2 aromatic rings. The minimum absolute atomic E-state index is 0.974. The highest BCUT2D eigenvalue weighted by molar-refractivity contribution is 9.11. The molecule has 0 fully saturated rings. The maximum Gasteiger partial charge on any atom is 0.119 e. The molecule has 5 heteroatoms. The zero-order valence-electron chi connectivity index (χ0n) is 15.0. The lowest BCUT2D eigenvalue weighted by atomic mass is 10.0. The largest absolute Gasteiger partial charge is 0.497 e. The molecule has 0 aromatic heterocycles. The van der Waals surface area contributed by atoms with Crippen LogP contribution in [0.2, 0.25) is 0 Å². The van der Waals surface area contributed by atoms with Gasteiger partial charge in [-0.3, -0.25) is 0 Å². The van der Waals surface area contributed by atoms with E-state index in [0.29, 0.717) is 0 Å². The summed E-state index contributed by atoms with van der Waals surface area (Å²) in [6, 6.07) is 4.39. The molecule has 0 saturated carbocycles. The van der Waals surface area contributed by atoms with E-state index >= 15 is 0 Å². The number of thioether (sulfide) groups is 2. The summed E-state index contributed by atoms with van der Waals surface area (Å²) in [7, 11) is 1.76. The third kappa shape index (κ3) is 3.95. The van der Waals surface area contributed by atoms with Gasteiger partial charge in [0.2, 0.25) is 0 Å². The van der Waals surface area contributed by atoms with Crippen LogP contribution in [0.5, 0.6) is 5.75 Å². The van der Waals surface area contributed by atoms with Gasteiger partial charge >= 0.3 is 0 Å². The third-order valence-electron chi connectivity index (χ3n) is 4.93. The van der Waals surface area contributed by atoms with Crippen molar-refractivity contribution in [2.75, 3.05) is 7.11 Å². The monoisotopic (exact) mass is 500 g/mol. The molecule has 0 unspecified atom stereocenters. The Balaban J connectivity index is 2.04.